The Bertz CT molecular complexity index is 665. The van der Waals surface area contributed by atoms with Crippen molar-refractivity contribution in [2.75, 3.05) is 53.0 Å². The van der Waals surface area contributed by atoms with E-state index in [1.165, 1.54) is 0 Å². The number of nitrogens with zero attached hydrogens (tertiary/aromatic N) is 2. The van der Waals surface area contributed by atoms with Gasteiger partial charge in [-0.2, -0.15) is 0 Å². The van der Waals surface area contributed by atoms with Crippen molar-refractivity contribution in [2.24, 2.45) is 0 Å². The fourth-order valence-electron chi connectivity index (χ4n) is 3.14. The van der Waals surface area contributed by atoms with Crippen molar-refractivity contribution in [3.63, 3.8) is 0 Å². The second-order valence-corrected chi connectivity index (χ2v) is 6.55. The Kier molecular flexibility index (Phi) is 5.95. The highest BCUT2D eigenvalue weighted by Gasteiger charge is 2.27. The van der Waals surface area contributed by atoms with Gasteiger partial charge in [0.2, 0.25) is 0 Å². The molecule has 1 unspecified atom stereocenters. The summed E-state index contributed by atoms with van der Waals surface area (Å²) in [6.45, 7) is 2.94. The molecule has 0 bridgehead atoms. The summed E-state index contributed by atoms with van der Waals surface area (Å²) in [5.74, 6) is 0.284. The molecule has 8 heteroatoms. The smallest absolute Gasteiger partial charge is 0.317 e. The Morgan fingerprint density at radius 3 is 2.77 bits per heavy atom. The van der Waals surface area contributed by atoms with Gasteiger partial charge in [-0.15, -0.1) is 0 Å². The van der Waals surface area contributed by atoms with Gasteiger partial charge in [-0.05, 0) is 25.2 Å². The number of amides is 1. The second kappa shape index (κ2) is 8.37. The van der Waals surface area contributed by atoms with Crippen LogP contribution in [-0.4, -0.2) is 85.9 Å². The first-order valence-corrected chi connectivity index (χ1v) is 8.74. The van der Waals surface area contributed by atoms with Gasteiger partial charge in [0.1, 0.15) is 0 Å². The summed E-state index contributed by atoms with van der Waals surface area (Å²) in [6.07, 6.45) is 0.602. The van der Waals surface area contributed by atoms with Crippen molar-refractivity contribution < 1.29 is 28.9 Å². The molecule has 142 valence electrons. The van der Waals surface area contributed by atoms with Crippen molar-refractivity contribution in [1.29, 1.82) is 0 Å². The third-order valence-corrected chi connectivity index (χ3v) is 4.34. The van der Waals surface area contributed by atoms with E-state index in [0.717, 1.165) is 6.42 Å². The van der Waals surface area contributed by atoms with Crippen LogP contribution in [0.25, 0.3) is 0 Å². The lowest BCUT2D eigenvalue weighted by molar-refractivity contribution is -0.138. The van der Waals surface area contributed by atoms with E-state index < -0.39 is 5.97 Å². The van der Waals surface area contributed by atoms with Gasteiger partial charge in [-0.3, -0.25) is 14.5 Å². The van der Waals surface area contributed by atoms with Gasteiger partial charge in [0.15, 0.2) is 11.5 Å². The number of aliphatic carboxylic acids is 1. The largest absolute Gasteiger partial charge is 0.490 e. The number of carboxylic acid groups (broad SMARTS) is 1. The number of rotatable bonds is 5. The van der Waals surface area contributed by atoms with Gasteiger partial charge < -0.3 is 24.2 Å². The Morgan fingerprint density at radius 2 is 2.00 bits per heavy atom. The Morgan fingerprint density at radius 1 is 1.23 bits per heavy atom. The van der Waals surface area contributed by atoms with Crippen LogP contribution in [0, 0.1) is 0 Å². The summed E-state index contributed by atoms with van der Waals surface area (Å²) < 4.78 is 16.9. The van der Waals surface area contributed by atoms with Crippen LogP contribution < -0.4 is 9.47 Å². The summed E-state index contributed by atoms with van der Waals surface area (Å²) in [4.78, 5) is 27.0. The quantitative estimate of drug-likeness (QED) is 0.823. The molecule has 1 saturated heterocycles. The molecular weight excluding hydrogens is 340 g/mol. The zero-order valence-corrected chi connectivity index (χ0v) is 14.8. The first-order valence-electron chi connectivity index (χ1n) is 8.74. The van der Waals surface area contributed by atoms with Crippen LogP contribution in [0.15, 0.2) is 18.2 Å². The molecule has 1 atom stereocenters. The molecular formula is C18H24N2O6. The fourth-order valence-corrected chi connectivity index (χ4v) is 3.14. The van der Waals surface area contributed by atoms with E-state index in [0.29, 0.717) is 56.5 Å². The van der Waals surface area contributed by atoms with Crippen LogP contribution in [0.3, 0.4) is 0 Å². The lowest BCUT2D eigenvalue weighted by Gasteiger charge is -2.34. The van der Waals surface area contributed by atoms with E-state index in [-0.39, 0.29) is 18.6 Å². The van der Waals surface area contributed by atoms with Crippen molar-refractivity contribution in [1.82, 2.24) is 9.80 Å². The minimum Gasteiger partial charge on any atom is -0.490 e. The lowest BCUT2D eigenvalue weighted by Crippen LogP contribution is -2.49. The molecule has 26 heavy (non-hydrogen) atoms. The molecule has 0 spiro atoms. The second-order valence-electron chi connectivity index (χ2n) is 6.55. The third kappa shape index (κ3) is 4.64. The van der Waals surface area contributed by atoms with Crippen LogP contribution in [0.5, 0.6) is 11.5 Å². The predicted octanol–water partition coefficient (Wildman–Crippen LogP) is 0.705. The van der Waals surface area contributed by atoms with Crippen LogP contribution in [0.4, 0.5) is 0 Å². The maximum absolute atomic E-state index is 12.8. The highest BCUT2D eigenvalue weighted by atomic mass is 16.5. The van der Waals surface area contributed by atoms with Gasteiger partial charge in [0.25, 0.3) is 5.91 Å². The highest BCUT2D eigenvalue weighted by Crippen LogP contribution is 2.31. The van der Waals surface area contributed by atoms with Crippen molar-refractivity contribution in [3.05, 3.63) is 23.8 Å². The molecule has 0 saturated carbocycles. The summed E-state index contributed by atoms with van der Waals surface area (Å²) in [7, 11) is 1.72. The van der Waals surface area contributed by atoms with Gasteiger partial charge in [0.05, 0.1) is 32.5 Å². The number of ether oxygens (including phenoxy) is 3. The molecule has 3 rings (SSSR count). The number of morpholine rings is 1. The molecule has 0 radical (unpaired) electrons. The number of carbonyl (C=O) groups is 2. The lowest BCUT2D eigenvalue weighted by atomic mass is 10.1. The first kappa shape index (κ1) is 18.5. The molecule has 2 aliphatic heterocycles. The van der Waals surface area contributed by atoms with Crippen LogP contribution in [0.1, 0.15) is 16.8 Å². The molecule has 0 aromatic heterocycles. The van der Waals surface area contributed by atoms with Crippen molar-refractivity contribution in [3.8, 4) is 11.5 Å². The van der Waals surface area contributed by atoms with Gasteiger partial charge >= 0.3 is 5.97 Å². The van der Waals surface area contributed by atoms with Crippen molar-refractivity contribution >= 4 is 11.9 Å². The number of carbonyl (C=O) groups excluding carboxylic acids is 1. The molecule has 1 fully saturated rings. The van der Waals surface area contributed by atoms with Crippen LogP contribution in [0.2, 0.25) is 0 Å². The number of likely N-dealkylation sites (N-methyl/N-ethyl adjacent to an activating group) is 1. The van der Waals surface area contributed by atoms with E-state index in [4.69, 9.17) is 19.3 Å². The molecule has 1 aromatic rings. The van der Waals surface area contributed by atoms with E-state index in [9.17, 15) is 9.59 Å². The number of carboxylic acids is 1. The third-order valence-electron chi connectivity index (χ3n) is 4.34. The number of benzene rings is 1. The van der Waals surface area contributed by atoms with E-state index in [1.807, 2.05) is 0 Å². The zero-order chi connectivity index (χ0) is 18.5. The van der Waals surface area contributed by atoms with Crippen LogP contribution in [-0.2, 0) is 9.53 Å². The summed E-state index contributed by atoms with van der Waals surface area (Å²) in [5.41, 5.74) is 0.550. The van der Waals surface area contributed by atoms with E-state index in [1.54, 1.807) is 35.0 Å². The molecule has 2 aliphatic rings. The average Bonchev–Trinajstić information content (AvgIpc) is 2.85. The van der Waals surface area contributed by atoms with Gasteiger partial charge in [0, 0.05) is 31.6 Å². The standard InChI is InChI=1S/C18H24N2O6/c1-19(12-17(21)22)10-14-11-20(5-8-24-14)18(23)13-3-4-15-16(9-13)26-7-2-6-25-15/h3-4,9,14H,2,5-8,10-12H2,1H3,(H,21,22). The van der Waals surface area contributed by atoms with E-state index >= 15 is 0 Å². The fraction of sp³-hybridized carbons (Fsp3) is 0.556. The summed E-state index contributed by atoms with van der Waals surface area (Å²) in [5, 5.41) is 8.85. The van der Waals surface area contributed by atoms with Gasteiger partial charge in [-0.25, -0.2) is 0 Å². The summed E-state index contributed by atoms with van der Waals surface area (Å²) in [6, 6.07) is 5.24. The maximum Gasteiger partial charge on any atom is 0.317 e. The Hall–Kier alpha value is -2.32. The topological polar surface area (TPSA) is 88.5 Å². The molecule has 8 nitrogen and oxygen atoms in total. The highest BCUT2D eigenvalue weighted by molar-refractivity contribution is 5.95. The maximum atomic E-state index is 12.8. The monoisotopic (exact) mass is 364 g/mol. The van der Waals surface area contributed by atoms with E-state index in [2.05, 4.69) is 0 Å². The minimum atomic E-state index is -0.886. The molecule has 1 aromatic carbocycles. The first-order chi connectivity index (χ1) is 12.5. The molecule has 1 amide bonds. The average molecular weight is 364 g/mol. The number of fused-ring (bicyclic) bond motifs is 1. The number of hydrogen-bond donors (Lipinski definition) is 1. The SMILES string of the molecule is CN(CC(=O)O)CC1CN(C(=O)c2ccc3c(c2)OCCCO3)CCO1. The Balaban J connectivity index is 1.64. The zero-order valence-electron chi connectivity index (χ0n) is 14.8. The normalized spacial score (nSPS) is 19.9. The van der Waals surface area contributed by atoms with Crippen LogP contribution >= 0.6 is 0 Å². The predicted molar refractivity (Wildman–Crippen MR) is 92.8 cm³/mol. The molecule has 1 N–H and O–H groups in total. The minimum absolute atomic E-state index is 0.0596. The Labute approximate surface area is 152 Å². The number of hydrogen-bond acceptors (Lipinski definition) is 6. The molecule has 2 heterocycles. The van der Waals surface area contributed by atoms with Crippen molar-refractivity contribution in [2.45, 2.75) is 12.5 Å². The van der Waals surface area contributed by atoms with Gasteiger partial charge in [-0.1, -0.05) is 0 Å². The molecule has 0 aliphatic carbocycles. The summed E-state index contributed by atoms with van der Waals surface area (Å²) >= 11 is 0.